The van der Waals surface area contributed by atoms with Crippen LogP contribution in [0.25, 0.3) is 0 Å². The van der Waals surface area contributed by atoms with Crippen LogP contribution in [-0.4, -0.2) is 11.5 Å². The monoisotopic (exact) mass is 238 g/mol. The predicted octanol–water partition coefficient (Wildman–Crippen LogP) is 3.34. The number of nitrogens with one attached hydrogen (secondary N) is 1. The fourth-order valence-corrected chi connectivity index (χ4v) is 1.95. The standard InChI is InChI=1S/C12H15FN2O2/c13-11-8-10(15(16)17)4-5-12(11)14-7-6-9-2-1-3-9/h4-5,8-9,14H,1-3,6-7H2. The molecule has 1 aromatic rings. The van der Waals surface area contributed by atoms with Crippen LogP contribution in [0.1, 0.15) is 25.7 Å². The molecule has 0 bridgehead atoms. The average Bonchev–Trinajstić information content (AvgIpc) is 2.23. The van der Waals surface area contributed by atoms with E-state index in [4.69, 9.17) is 0 Å². The summed E-state index contributed by atoms with van der Waals surface area (Å²) in [5, 5.41) is 13.4. The molecule has 1 N–H and O–H groups in total. The molecule has 4 nitrogen and oxygen atoms in total. The fourth-order valence-electron chi connectivity index (χ4n) is 1.95. The number of hydrogen-bond acceptors (Lipinski definition) is 3. The van der Waals surface area contributed by atoms with Crippen LogP contribution in [-0.2, 0) is 0 Å². The highest BCUT2D eigenvalue weighted by atomic mass is 19.1. The lowest BCUT2D eigenvalue weighted by Crippen LogP contribution is -2.15. The molecule has 0 spiro atoms. The van der Waals surface area contributed by atoms with E-state index in [0.29, 0.717) is 5.69 Å². The van der Waals surface area contributed by atoms with E-state index < -0.39 is 10.7 Å². The number of anilines is 1. The first-order chi connectivity index (χ1) is 8.16. The van der Waals surface area contributed by atoms with Gasteiger partial charge in [0, 0.05) is 12.6 Å². The lowest BCUT2D eigenvalue weighted by molar-refractivity contribution is -0.385. The smallest absolute Gasteiger partial charge is 0.272 e. The largest absolute Gasteiger partial charge is 0.383 e. The Labute approximate surface area is 99.0 Å². The number of nitro groups is 1. The highest BCUT2D eigenvalue weighted by Gasteiger charge is 2.17. The first-order valence-electron chi connectivity index (χ1n) is 5.84. The zero-order chi connectivity index (χ0) is 12.3. The molecule has 0 heterocycles. The van der Waals surface area contributed by atoms with E-state index in [1.807, 2.05) is 0 Å². The van der Waals surface area contributed by atoms with Gasteiger partial charge in [-0.15, -0.1) is 0 Å². The molecule has 1 saturated carbocycles. The highest BCUT2D eigenvalue weighted by Crippen LogP contribution is 2.29. The van der Waals surface area contributed by atoms with Crippen molar-refractivity contribution >= 4 is 11.4 Å². The Morgan fingerprint density at radius 3 is 2.76 bits per heavy atom. The maximum atomic E-state index is 13.5. The molecular formula is C12H15FN2O2. The second kappa shape index (κ2) is 5.12. The second-order valence-electron chi connectivity index (χ2n) is 4.43. The molecule has 0 radical (unpaired) electrons. The Balaban J connectivity index is 1.89. The number of non-ortho nitro benzene ring substituents is 1. The number of nitro benzene ring substituents is 1. The molecule has 0 amide bonds. The van der Waals surface area contributed by atoms with Gasteiger partial charge in [-0.2, -0.15) is 0 Å². The molecule has 0 aromatic heterocycles. The van der Waals surface area contributed by atoms with Crippen molar-refractivity contribution < 1.29 is 9.31 Å². The van der Waals surface area contributed by atoms with Gasteiger partial charge in [0.1, 0.15) is 0 Å². The molecule has 92 valence electrons. The molecule has 0 aliphatic heterocycles. The maximum Gasteiger partial charge on any atom is 0.272 e. The Morgan fingerprint density at radius 1 is 1.47 bits per heavy atom. The topological polar surface area (TPSA) is 55.2 Å². The summed E-state index contributed by atoms with van der Waals surface area (Å²) in [7, 11) is 0. The molecule has 1 aliphatic carbocycles. The van der Waals surface area contributed by atoms with E-state index in [-0.39, 0.29) is 5.69 Å². The third-order valence-corrected chi connectivity index (χ3v) is 3.26. The van der Waals surface area contributed by atoms with Crippen molar-refractivity contribution in [2.45, 2.75) is 25.7 Å². The van der Waals surface area contributed by atoms with Crippen molar-refractivity contribution in [3.63, 3.8) is 0 Å². The van der Waals surface area contributed by atoms with Gasteiger partial charge in [0.15, 0.2) is 5.82 Å². The molecule has 2 rings (SSSR count). The zero-order valence-corrected chi connectivity index (χ0v) is 9.49. The van der Waals surface area contributed by atoms with E-state index in [2.05, 4.69) is 5.32 Å². The maximum absolute atomic E-state index is 13.5. The minimum atomic E-state index is -0.596. The van der Waals surface area contributed by atoms with E-state index in [1.165, 1.54) is 31.4 Å². The van der Waals surface area contributed by atoms with Crippen LogP contribution in [0, 0.1) is 21.8 Å². The average molecular weight is 238 g/mol. The SMILES string of the molecule is O=[N+]([O-])c1ccc(NCCC2CCC2)c(F)c1. The number of nitrogens with zero attached hydrogens (tertiary/aromatic N) is 1. The predicted molar refractivity (Wildman–Crippen MR) is 63.5 cm³/mol. The van der Waals surface area contributed by atoms with Crippen LogP contribution in [0.4, 0.5) is 15.8 Å². The van der Waals surface area contributed by atoms with E-state index in [9.17, 15) is 14.5 Å². The van der Waals surface area contributed by atoms with Gasteiger partial charge in [0.2, 0.25) is 0 Å². The third kappa shape index (κ3) is 2.93. The van der Waals surface area contributed by atoms with Crippen molar-refractivity contribution in [3.05, 3.63) is 34.1 Å². The lowest BCUT2D eigenvalue weighted by atomic mass is 9.83. The van der Waals surface area contributed by atoms with Crippen molar-refractivity contribution in [3.8, 4) is 0 Å². The lowest BCUT2D eigenvalue weighted by Gasteiger charge is -2.25. The number of hydrogen-bond donors (Lipinski definition) is 1. The van der Waals surface area contributed by atoms with Crippen molar-refractivity contribution in [1.82, 2.24) is 0 Å². The Morgan fingerprint density at radius 2 is 2.24 bits per heavy atom. The molecule has 0 unspecified atom stereocenters. The van der Waals surface area contributed by atoms with Gasteiger partial charge in [-0.3, -0.25) is 10.1 Å². The van der Waals surface area contributed by atoms with Crippen molar-refractivity contribution in [1.29, 1.82) is 0 Å². The van der Waals surface area contributed by atoms with Crippen LogP contribution in [0.3, 0.4) is 0 Å². The Bertz CT molecular complexity index is 419. The zero-order valence-electron chi connectivity index (χ0n) is 9.49. The summed E-state index contributed by atoms with van der Waals surface area (Å²) in [5.74, 6) is 0.205. The number of benzene rings is 1. The van der Waals surface area contributed by atoms with Crippen LogP contribution in [0.5, 0.6) is 0 Å². The minimum Gasteiger partial charge on any atom is -0.383 e. The van der Waals surface area contributed by atoms with Crippen LogP contribution in [0.2, 0.25) is 0 Å². The normalized spacial score (nSPS) is 15.4. The summed E-state index contributed by atoms with van der Waals surface area (Å²) < 4.78 is 13.5. The van der Waals surface area contributed by atoms with Gasteiger partial charge < -0.3 is 5.32 Å². The highest BCUT2D eigenvalue weighted by molar-refractivity contribution is 5.50. The molecule has 0 atom stereocenters. The quantitative estimate of drug-likeness (QED) is 0.632. The van der Waals surface area contributed by atoms with Gasteiger partial charge in [0.25, 0.3) is 5.69 Å². The summed E-state index contributed by atoms with van der Waals surface area (Å²) in [6, 6.07) is 3.69. The van der Waals surface area contributed by atoms with Gasteiger partial charge in [-0.25, -0.2) is 4.39 Å². The summed E-state index contributed by atoms with van der Waals surface area (Å²) in [4.78, 5) is 9.84. The molecule has 17 heavy (non-hydrogen) atoms. The van der Waals surface area contributed by atoms with Gasteiger partial charge in [-0.05, 0) is 18.4 Å². The van der Waals surface area contributed by atoms with Crippen molar-refractivity contribution in [2.24, 2.45) is 5.92 Å². The minimum absolute atomic E-state index is 0.216. The summed E-state index contributed by atoms with van der Waals surface area (Å²) >= 11 is 0. The third-order valence-electron chi connectivity index (χ3n) is 3.26. The molecule has 1 aliphatic rings. The van der Waals surface area contributed by atoms with Crippen LogP contribution < -0.4 is 5.32 Å². The van der Waals surface area contributed by atoms with Gasteiger partial charge >= 0.3 is 0 Å². The number of rotatable bonds is 5. The number of halogens is 1. The van der Waals surface area contributed by atoms with Crippen molar-refractivity contribution in [2.75, 3.05) is 11.9 Å². The molecule has 0 saturated heterocycles. The van der Waals surface area contributed by atoms with E-state index in [1.54, 1.807) is 0 Å². The molecular weight excluding hydrogens is 223 g/mol. The summed E-state index contributed by atoms with van der Waals surface area (Å²) in [5.41, 5.74) is 0.127. The fraction of sp³-hybridized carbons (Fsp3) is 0.500. The van der Waals surface area contributed by atoms with E-state index >= 15 is 0 Å². The second-order valence-corrected chi connectivity index (χ2v) is 4.43. The summed E-state index contributed by atoms with van der Waals surface area (Å²) in [6.07, 6.45) is 4.88. The Hall–Kier alpha value is -1.65. The van der Waals surface area contributed by atoms with Crippen LogP contribution in [0.15, 0.2) is 18.2 Å². The summed E-state index contributed by atoms with van der Waals surface area (Å²) in [6.45, 7) is 0.722. The van der Waals surface area contributed by atoms with Crippen LogP contribution >= 0.6 is 0 Å². The van der Waals surface area contributed by atoms with Gasteiger partial charge in [0.05, 0.1) is 16.7 Å². The molecule has 5 heteroatoms. The first kappa shape index (κ1) is 11.8. The van der Waals surface area contributed by atoms with E-state index in [0.717, 1.165) is 24.9 Å². The van der Waals surface area contributed by atoms with Gasteiger partial charge in [-0.1, -0.05) is 19.3 Å². The molecule has 1 aromatic carbocycles. The molecule has 1 fully saturated rings. The first-order valence-corrected chi connectivity index (χ1v) is 5.84. The Kier molecular flexibility index (Phi) is 3.56.